The van der Waals surface area contributed by atoms with E-state index in [1.54, 1.807) is 0 Å². The van der Waals surface area contributed by atoms with Crippen molar-refractivity contribution in [3.05, 3.63) is 32.9 Å². The molecule has 0 heterocycles. The summed E-state index contributed by atoms with van der Waals surface area (Å²) in [5, 5.41) is 2.90. The fourth-order valence-corrected chi connectivity index (χ4v) is 1.80. The van der Waals surface area contributed by atoms with Crippen molar-refractivity contribution in [1.82, 2.24) is 5.32 Å². The van der Waals surface area contributed by atoms with E-state index in [-0.39, 0.29) is 5.91 Å². The van der Waals surface area contributed by atoms with Crippen molar-refractivity contribution in [3.8, 4) is 0 Å². The minimum Gasteiger partial charge on any atom is -0.352 e. The molecule has 1 atom stereocenters. The highest BCUT2D eigenvalue weighted by Gasteiger charge is 2.10. The highest BCUT2D eigenvalue weighted by Crippen LogP contribution is 2.15. The monoisotopic (exact) mass is 332 g/mol. The zero-order chi connectivity index (χ0) is 12.1. The van der Waals surface area contributed by atoms with E-state index in [4.69, 9.17) is 5.73 Å². The molecule has 3 nitrogen and oxygen atoms in total. The normalized spacial score (nSPS) is 12.2. The zero-order valence-corrected chi connectivity index (χ0v) is 11.7. The molecule has 3 N–H and O–H groups in total. The Labute approximate surface area is 110 Å². The molecule has 4 heteroatoms. The van der Waals surface area contributed by atoms with E-state index < -0.39 is 0 Å². The Morgan fingerprint density at radius 2 is 2.25 bits per heavy atom. The predicted octanol–water partition coefficient (Wildman–Crippen LogP) is 1.92. The van der Waals surface area contributed by atoms with Crippen molar-refractivity contribution >= 4 is 28.5 Å². The van der Waals surface area contributed by atoms with E-state index in [9.17, 15) is 4.79 Å². The second kappa shape index (κ2) is 6.20. The van der Waals surface area contributed by atoms with Crippen LogP contribution in [0, 0.1) is 16.4 Å². The van der Waals surface area contributed by atoms with Crippen LogP contribution in [0.15, 0.2) is 18.2 Å². The number of rotatable bonds is 4. The minimum absolute atomic E-state index is 0.0173. The average Bonchev–Trinajstić information content (AvgIpc) is 2.29. The third kappa shape index (κ3) is 3.45. The standard InChI is InChI=1S/C12H17IN2O/c1-8(6-14)7-15-12(16)10-4-3-5-11(13)9(10)2/h3-5,8H,6-7,14H2,1-2H3,(H,15,16). The molecule has 0 bridgehead atoms. The molecule has 1 unspecified atom stereocenters. The van der Waals surface area contributed by atoms with E-state index >= 15 is 0 Å². The summed E-state index contributed by atoms with van der Waals surface area (Å²) in [6, 6.07) is 5.74. The van der Waals surface area contributed by atoms with Crippen LogP contribution in [0.1, 0.15) is 22.8 Å². The minimum atomic E-state index is -0.0173. The molecule has 0 aliphatic heterocycles. The molecule has 0 saturated heterocycles. The molecule has 0 fully saturated rings. The summed E-state index contributed by atoms with van der Waals surface area (Å²) in [6.45, 7) is 5.19. The van der Waals surface area contributed by atoms with Crippen molar-refractivity contribution in [1.29, 1.82) is 0 Å². The molecular weight excluding hydrogens is 315 g/mol. The quantitative estimate of drug-likeness (QED) is 0.828. The van der Waals surface area contributed by atoms with Crippen LogP contribution >= 0.6 is 22.6 Å². The number of amides is 1. The van der Waals surface area contributed by atoms with Crippen LogP contribution in [0.2, 0.25) is 0 Å². The molecule has 0 spiro atoms. The Hall–Kier alpha value is -0.620. The topological polar surface area (TPSA) is 55.1 Å². The Kier molecular flexibility index (Phi) is 5.21. The van der Waals surface area contributed by atoms with Gasteiger partial charge in [0.15, 0.2) is 0 Å². The smallest absolute Gasteiger partial charge is 0.251 e. The summed E-state index contributed by atoms with van der Waals surface area (Å²) < 4.78 is 1.11. The van der Waals surface area contributed by atoms with Gasteiger partial charge in [-0.2, -0.15) is 0 Å². The summed E-state index contributed by atoms with van der Waals surface area (Å²) in [4.78, 5) is 11.9. The van der Waals surface area contributed by atoms with E-state index in [1.807, 2.05) is 32.0 Å². The van der Waals surface area contributed by atoms with Gasteiger partial charge in [0.05, 0.1) is 0 Å². The lowest BCUT2D eigenvalue weighted by Gasteiger charge is -2.12. The van der Waals surface area contributed by atoms with Crippen LogP contribution in [-0.4, -0.2) is 19.0 Å². The Balaban J connectivity index is 2.70. The summed E-state index contributed by atoms with van der Waals surface area (Å²) in [6.07, 6.45) is 0. The van der Waals surface area contributed by atoms with Crippen LogP contribution in [-0.2, 0) is 0 Å². The highest BCUT2D eigenvalue weighted by atomic mass is 127. The molecule has 0 aliphatic rings. The lowest BCUT2D eigenvalue weighted by Crippen LogP contribution is -2.31. The third-order valence-corrected chi connectivity index (χ3v) is 3.69. The molecule has 16 heavy (non-hydrogen) atoms. The predicted molar refractivity (Wildman–Crippen MR) is 74.4 cm³/mol. The first kappa shape index (κ1) is 13.4. The highest BCUT2D eigenvalue weighted by molar-refractivity contribution is 14.1. The molecule has 0 aromatic heterocycles. The van der Waals surface area contributed by atoms with Gasteiger partial charge in [-0.3, -0.25) is 4.79 Å². The molecule has 1 aromatic carbocycles. The van der Waals surface area contributed by atoms with Gasteiger partial charge in [-0.15, -0.1) is 0 Å². The zero-order valence-electron chi connectivity index (χ0n) is 9.59. The van der Waals surface area contributed by atoms with Crippen LogP contribution in [0.25, 0.3) is 0 Å². The van der Waals surface area contributed by atoms with Crippen molar-refractivity contribution in [3.63, 3.8) is 0 Å². The van der Waals surface area contributed by atoms with E-state index in [0.717, 1.165) is 14.7 Å². The lowest BCUT2D eigenvalue weighted by atomic mass is 10.1. The second-order valence-corrected chi connectivity index (χ2v) is 5.13. The van der Waals surface area contributed by atoms with Gasteiger partial charge in [-0.25, -0.2) is 0 Å². The maximum atomic E-state index is 11.9. The van der Waals surface area contributed by atoms with Gasteiger partial charge in [0, 0.05) is 15.7 Å². The maximum absolute atomic E-state index is 11.9. The first-order valence-electron chi connectivity index (χ1n) is 5.29. The number of benzene rings is 1. The number of hydrogen-bond acceptors (Lipinski definition) is 2. The molecule has 1 rings (SSSR count). The largest absolute Gasteiger partial charge is 0.352 e. The lowest BCUT2D eigenvalue weighted by molar-refractivity contribution is 0.0948. The van der Waals surface area contributed by atoms with Crippen LogP contribution < -0.4 is 11.1 Å². The molecule has 1 amide bonds. The average molecular weight is 332 g/mol. The Morgan fingerprint density at radius 3 is 2.88 bits per heavy atom. The number of carbonyl (C=O) groups is 1. The fourth-order valence-electron chi connectivity index (χ4n) is 1.30. The van der Waals surface area contributed by atoms with Crippen LogP contribution in [0.4, 0.5) is 0 Å². The first-order chi connectivity index (χ1) is 7.56. The first-order valence-corrected chi connectivity index (χ1v) is 6.37. The van der Waals surface area contributed by atoms with Gasteiger partial charge in [-0.05, 0) is 59.7 Å². The van der Waals surface area contributed by atoms with Crippen molar-refractivity contribution in [2.45, 2.75) is 13.8 Å². The summed E-state index contributed by atoms with van der Waals surface area (Å²) in [5.41, 5.74) is 7.27. The van der Waals surface area contributed by atoms with E-state index in [0.29, 0.717) is 19.0 Å². The van der Waals surface area contributed by atoms with Gasteiger partial charge in [0.1, 0.15) is 0 Å². The summed E-state index contributed by atoms with van der Waals surface area (Å²) >= 11 is 2.23. The number of nitrogens with two attached hydrogens (primary N) is 1. The molecule has 88 valence electrons. The van der Waals surface area contributed by atoms with Gasteiger partial charge in [0.25, 0.3) is 5.91 Å². The number of nitrogens with one attached hydrogen (secondary N) is 1. The van der Waals surface area contributed by atoms with Gasteiger partial charge in [0.2, 0.25) is 0 Å². The van der Waals surface area contributed by atoms with E-state index in [1.165, 1.54) is 0 Å². The second-order valence-electron chi connectivity index (χ2n) is 3.96. The summed E-state index contributed by atoms with van der Waals surface area (Å²) in [7, 11) is 0. The number of hydrogen-bond donors (Lipinski definition) is 2. The molecule has 0 saturated carbocycles. The van der Waals surface area contributed by atoms with Crippen LogP contribution in [0.5, 0.6) is 0 Å². The van der Waals surface area contributed by atoms with Crippen LogP contribution in [0.3, 0.4) is 0 Å². The molecule has 1 aromatic rings. The SMILES string of the molecule is Cc1c(I)cccc1C(=O)NCC(C)CN. The van der Waals surface area contributed by atoms with Crippen molar-refractivity contribution < 1.29 is 4.79 Å². The molecular formula is C12H17IN2O. The number of halogens is 1. The van der Waals surface area contributed by atoms with Gasteiger partial charge in [-0.1, -0.05) is 13.0 Å². The molecule has 0 radical (unpaired) electrons. The van der Waals surface area contributed by atoms with Crippen molar-refractivity contribution in [2.24, 2.45) is 11.7 Å². The Morgan fingerprint density at radius 1 is 1.56 bits per heavy atom. The molecule has 0 aliphatic carbocycles. The fraction of sp³-hybridized carbons (Fsp3) is 0.417. The Bertz CT molecular complexity index is 379. The number of carbonyl (C=O) groups excluding carboxylic acids is 1. The van der Waals surface area contributed by atoms with E-state index in [2.05, 4.69) is 27.9 Å². The van der Waals surface area contributed by atoms with Gasteiger partial charge >= 0.3 is 0 Å². The van der Waals surface area contributed by atoms with Crippen molar-refractivity contribution in [2.75, 3.05) is 13.1 Å². The van der Waals surface area contributed by atoms with Gasteiger partial charge < -0.3 is 11.1 Å². The summed E-state index contributed by atoms with van der Waals surface area (Å²) in [5.74, 6) is 0.295. The third-order valence-electron chi connectivity index (χ3n) is 2.53. The maximum Gasteiger partial charge on any atom is 0.251 e.